The second-order valence-electron chi connectivity index (χ2n) is 12.3. The molecule has 2 aliphatic heterocycles. The molecule has 8 heteroatoms. The number of likely N-dealkylation sites (tertiary alicyclic amines) is 1. The van der Waals surface area contributed by atoms with Crippen molar-refractivity contribution in [2.45, 2.75) is 77.2 Å². The van der Waals surface area contributed by atoms with Gasteiger partial charge < -0.3 is 4.90 Å². The smallest absolute Gasteiger partial charge is 0.329 e. The third-order valence-corrected chi connectivity index (χ3v) is 9.89. The molecule has 1 aromatic heterocycles. The molecule has 3 amide bonds. The fourth-order valence-corrected chi connectivity index (χ4v) is 7.11. The maximum Gasteiger partial charge on any atom is 0.329 e. The number of aromatic nitrogens is 2. The number of hydrogen-bond acceptors (Lipinski definition) is 4. The summed E-state index contributed by atoms with van der Waals surface area (Å²) < 4.78 is 3.02. The largest absolute Gasteiger partial charge is 0.342 e. The van der Waals surface area contributed by atoms with Crippen LogP contribution >= 0.6 is 0 Å². The zero-order chi connectivity index (χ0) is 26.7. The summed E-state index contributed by atoms with van der Waals surface area (Å²) in [6, 6.07) is 4.92. The van der Waals surface area contributed by atoms with Crippen LogP contribution in [0.15, 0.2) is 23.0 Å². The number of imide groups is 1. The van der Waals surface area contributed by atoms with E-state index in [0.29, 0.717) is 28.8 Å². The number of nitrogens with zero attached hydrogens (tertiary/aromatic N) is 3. The predicted octanol–water partition coefficient (Wildman–Crippen LogP) is 3.27. The number of carbonyl (C=O) groups excluding carboxylic acids is 3. The van der Waals surface area contributed by atoms with E-state index in [2.05, 4.69) is 29.0 Å². The summed E-state index contributed by atoms with van der Waals surface area (Å²) in [6.07, 6.45) is 9.03. The molecule has 7 rings (SSSR count). The van der Waals surface area contributed by atoms with Gasteiger partial charge >= 0.3 is 5.69 Å². The fourth-order valence-electron chi connectivity index (χ4n) is 7.11. The van der Waals surface area contributed by atoms with Crippen molar-refractivity contribution >= 4 is 28.8 Å². The van der Waals surface area contributed by atoms with Gasteiger partial charge in [-0.15, -0.1) is 0 Å². The molecule has 2 bridgehead atoms. The van der Waals surface area contributed by atoms with Gasteiger partial charge in [-0.3, -0.25) is 28.8 Å². The quantitative estimate of drug-likeness (QED) is 0.490. The number of amides is 3. The minimum Gasteiger partial charge on any atom is -0.342 e. The number of hydrogen-bond donors (Lipinski definition) is 1. The third kappa shape index (κ3) is 4.16. The molecule has 3 saturated carbocycles. The summed E-state index contributed by atoms with van der Waals surface area (Å²) in [5.74, 6) is 6.59. The number of nitrogens with one attached hydrogen (secondary N) is 1. The van der Waals surface area contributed by atoms with Crippen LogP contribution in [0.1, 0.15) is 82.7 Å². The van der Waals surface area contributed by atoms with Crippen LogP contribution in [0, 0.1) is 28.6 Å². The fraction of sp³-hybridized carbons (Fsp3) is 0.600. The summed E-state index contributed by atoms with van der Waals surface area (Å²) in [5, 5.41) is 2.34. The van der Waals surface area contributed by atoms with E-state index in [1.54, 1.807) is 7.05 Å². The van der Waals surface area contributed by atoms with Crippen LogP contribution < -0.4 is 11.0 Å². The highest BCUT2D eigenvalue weighted by Crippen LogP contribution is 2.57. The van der Waals surface area contributed by atoms with E-state index in [1.165, 1.54) is 28.4 Å². The average molecular weight is 517 g/mol. The Labute approximate surface area is 222 Å². The van der Waals surface area contributed by atoms with Crippen LogP contribution in [0.3, 0.4) is 0 Å². The molecule has 5 aliphatic rings. The number of carbonyl (C=O) groups is 3. The average Bonchev–Trinajstić information content (AvgIpc) is 3.17. The van der Waals surface area contributed by atoms with Crippen LogP contribution in [-0.4, -0.2) is 44.8 Å². The van der Waals surface area contributed by atoms with Crippen LogP contribution in [0.25, 0.3) is 11.0 Å². The van der Waals surface area contributed by atoms with Gasteiger partial charge in [0.05, 0.1) is 11.0 Å². The number of piperidine rings is 2. The van der Waals surface area contributed by atoms with E-state index < -0.39 is 11.9 Å². The highest BCUT2D eigenvalue weighted by atomic mass is 16.2. The molecule has 1 atom stereocenters. The van der Waals surface area contributed by atoms with Gasteiger partial charge in [0, 0.05) is 43.5 Å². The molecule has 8 nitrogen and oxygen atoms in total. The minimum atomic E-state index is -0.694. The van der Waals surface area contributed by atoms with Gasteiger partial charge in [0.25, 0.3) is 0 Å². The SMILES string of the molecule is Cn1c(=O)n(C2CCC(=O)NC2=O)c2ccc(C#CC3CCN(C(=O)C45CCC(C)(CC4)CC5)CC3)cc21. The lowest BCUT2D eigenvalue weighted by Crippen LogP contribution is -2.52. The number of rotatable bonds is 2. The zero-order valence-electron chi connectivity index (χ0n) is 22.3. The molecule has 200 valence electrons. The van der Waals surface area contributed by atoms with Crippen molar-refractivity contribution < 1.29 is 14.4 Å². The molecule has 3 aliphatic carbocycles. The maximum absolute atomic E-state index is 13.5. The number of benzene rings is 1. The van der Waals surface area contributed by atoms with Crippen molar-refractivity contribution in [2.75, 3.05) is 13.1 Å². The monoisotopic (exact) mass is 516 g/mol. The standard InChI is InChI=1S/C30H36N4O4/c1-29-11-14-30(15-12-29,16-13-29)27(37)33-17-9-20(10-18-33)3-4-21-5-6-22-24(19-21)32(2)28(38)34(22)23-7-8-25(35)31-26(23)36/h5-6,19-20,23H,7-18H2,1-2H3,(H,31,35,36). The Balaban J connectivity index is 1.14. The number of imidazole rings is 1. The third-order valence-electron chi connectivity index (χ3n) is 9.89. The molecule has 1 unspecified atom stereocenters. The molecular formula is C30H36N4O4. The van der Waals surface area contributed by atoms with Gasteiger partial charge in [0.1, 0.15) is 6.04 Å². The van der Waals surface area contributed by atoms with Gasteiger partial charge in [-0.2, -0.15) is 0 Å². The van der Waals surface area contributed by atoms with E-state index in [-0.39, 0.29) is 29.4 Å². The van der Waals surface area contributed by atoms with Gasteiger partial charge in [0.15, 0.2) is 0 Å². The number of fused-ring (bicyclic) bond motifs is 4. The van der Waals surface area contributed by atoms with Gasteiger partial charge in [-0.1, -0.05) is 18.8 Å². The van der Waals surface area contributed by atoms with Gasteiger partial charge in [-0.05, 0) is 81.4 Å². The molecule has 5 fully saturated rings. The summed E-state index contributed by atoms with van der Waals surface area (Å²) in [4.78, 5) is 52.5. The van der Waals surface area contributed by atoms with Gasteiger partial charge in [-0.25, -0.2) is 4.79 Å². The summed E-state index contributed by atoms with van der Waals surface area (Å²) in [6.45, 7) is 3.94. The van der Waals surface area contributed by atoms with Crippen LogP contribution in [0.4, 0.5) is 0 Å². The molecule has 3 heterocycles. The Hall–Kier alpha value is -3.34. The lowest BCUT2D eigenvalue weighted by molar-refractivity contribution is -0.152. The maximum atomic E-state index is 13.5. The van der Waals surface area contributed by atoms with E-state index >= 15 is 0 Å². The Morgan fingerprint density at radius 3 is 2.32 bits per heavy atom. The van der Waals surface area contributed by atoms with Crippen LogP contribution in [-0.2, 0) is 21.4 Å². The summed E-state index contributed by atoms with van der Waals surface area (Å²) >= 11 is 0. The zero-order valence-corrected chi connectivity index (χ0v) is 22.3. The Bertz CT molecular complexity index is 1420. The first-order valence-corrected chi connectivity index (χ1v) is 14.0. The number of aryl methyl sites for hydroxylation is 1. The molecule has 0 radical (unpaired) electrons. The Kier molecular flexibility index (Phi) is 6.01. The molecule has 38 heavy (non-hydrogen) atoms. The molecule has 1 N–H and O–H groups in total. The van der Waals surface area contributed by atoms with Crippen molar-refractivity contribution in [3.8, 4) is 11.8 Å². The summed E-state index contributed by atoms with van der Waals surface area (Å²) in [5.41, 5.74) is 2.27. The minimum absolute atomic E-state index is 0.105. The highest BCUT2D eigenvalue weighted by Gasteiger charge is 2.51. The second kappa shape index (κ2) is 9.14. The second-order valence-corrected chi connectivity index (χ2v) is 12.3. The first kappa shape index (κ1) is 25.0. The van der Waals surface area contributed by atoms with Crippen molar-refractivity contribution in [1.82, 2.24) is 19.4 Å². The summed E-state index contributed by atoms with van der Waals surface area (Å²) in [7, 11) is 1.69. The van der Waals surface area contributed by atoms with E-state index in [4.69, 9.17) is 0 Å². The Morgan fingerprint density at radius 2 is 1.66 bits per heavy atom. The first-order valence-electron chi connectivity index (χ1n) is 14.0. The van der Waals surface area contributed by atoms with Crippen molar-refractivity contribution in [3.63, 3.8) is 0 Å². The van der Waals surface area contributed by atoms with Crippen molar-refractivity contribution in [2.24, 2.45) is 23.8 Å². The van der Waals surface area contributed by atoms with E-state index in [0.717, 1.165) is 50.8 Å². The molecule has 2 saturated heterocycles. The molecule has 2 aromatic rings. The normalized spacial score (nSPS) is 29.7. The lowest BCUT2D eigenvalue weighted by Gasteiger charge is -2.52. The van der Waals surface area contributed by atoms with Crippen molar-refractivity contribution in [3.05, 3.63) is 34.2 Å². The Morgan fingerprint density at radius 1 is 0.974 bits per heavy atom. The highest BCUT2D eigenvalue weighted by molar-refractivity contribution is 6.00. The predicted molar refractivity (Wildman–Crippen MR) is 143 cm³/mol. The topological polar surface area (TPSA) is 93.4 Å². The van der Waals surface area contributed by atoms with Gasteiger partial charge in [0.2, 0.25) is 17.7 Å². The lowest BCUT2D eigenvalue weighted by atomic mass is 9.54. The van der Waals surface area contributed by atoms with Crippen LogP contribution in [0.5, 0.6) is 0 Å². The first-order chi connectivity index (χ1) is 18.2. The van der Waals surface area contributed by atoms with Crippen LogP contribution in [0.2, 0.25) is 0 Å². The molecule has 0 spiro atoms. The molecule has 1 aromatic carbocycles. The molecular weight excluding hydrogens is 480 g/mol. The van der Waals surface area contributed by atoms with E-state index in [1.807, 2.05) is 18.2 Å². The van der Waals surface area contributed by atoms with E-state index in [9.17, 15) is 19.2 Å². The van der Waals surface area contributed by atoms with Crippen molar-refractivity contribution in [1.29, 1.82) is 0 Å².